The molecule has 0 bridgehead atoms. The number of phenols is 1. The van der Waals surface area contributed by atoms with Crippen LogP contribution in [0.3, 0.4) is 0 Å². The Balaban J connectivity index is 1.94. The van der Waals surface area contributed by atoms with Crippen LogP contribution in [0.4, 0.5) is 10.1 Å². The van der Waals surface area contributed by atoms with Crippen LogP contribution in [0.1, 0.15) is 44.9 Å². The van der Waals surface area contributed by atoms with E-state index in [-0.39, 0.29) is 23.9 Å². The van der Waals surface area contributed by atoms with E-state index in [2.05, 4.69) is 0 Å². The minimum Gasteiger partial charge on any atom is -0.505 e. The minimum absolute atomic E-state index is 0.209. The van der Waals surface area contributed by atoms with Gasteiger partial charge in [0, 0.05) is 12.5 Å². The van der Waals surface area contributed by atoms with E-state index < -0.39 is 17.0 Å². The summed E-state index contributed by atoms with van der Waals surface area (Å²) >= 11 is 0. The van der Waals surface area contributed by atoms with Gasteiger partial charge in [0.15, 0.2) is 11.6 Å². The number of nitrogens with zero attached hydrogens (tertiary/aromatic N) is 1. The van der Waals surface area contributed by atoms with Crippen molar-refractivity contribution in [3.63, 3.8) is 0 Å². The number of benzene rings is 1. The van der Waals surface area contributed by atoms with Crippen LogP contribution in [-0.2, 0) is 9.59 Å². The lowest BCUT2D eigenvalue weighted by molar-refractivity contribution is -0.126. The number of hydrogen-bond donors (Lipinski definition) is 1. The first-order valence-corrected chi connectivity index (χ1v) is 7.39. The van der Waals surface area contributed by atoms with E-state index in [1.165, 1.54) is 12.1 Å². The highest BCUT2D eigenvalue weighted by atomic mass is 19.1. The summed E-state index contributed by atoms with van der Waals surface area (Å²) in [6, 6.07) is 3.62. The van der Waals surface area contributed by atoms with Crippen LogP contribution in [0, 0.1) is 11.2 Å². The normalized spacial score (nSPS) is 21.9. The molecule has 1 saturated carbocycles. The van der Waals surface area contributed by atoms with Gasteiger partial charge in [-0.15, -0.1) is 0 Å². The van der Waals surface area contributed by atoms with Gasteiger partial charge in [0.2, 0.25) is 11.8 Å². The molecule has 2 amide bonds. The quantitative estimate of drug-likeness (QED) is 0.809. The van der Waals surface area contributed by atoms with Crippen molar-refractivity contribution in [2.75, 3.05) is 4.90 Å². The zero-order chi connectivity index (χ0) is 15.0. The Hall–Kier alpha value is -1.91. The van der Waals surface area contributed by atoms with E-state index in [9.17, 15) is 19.1 Å². The second-order valence-electron chi connectivity index (χ2n) is 6.04. The van der Waals surface area contributed by atoms with Crippen molar-refractivity contribution in [3.05, 3.63) is 24.0 Å². The second kappa shape index (κ2) is 5.13. The Morgan fingerprint density at radius 2 is 1.76 bits per heavy atom. The van der Waals surface area contributed by atoms with E-state index in [0.29, 0.717) is 0 Å². The molecule has 1 aliphatic carbocycles. The molecule has 1 heterocycles. The van der Waals surface area contributed by atoms with Gasteiger partial charge < -0.3 is 5.11 Å². The summed E-state index contributed by atoms with van der Waals surface area (Å²) in [4.78, 5) is 26.1. The van der Waals surface area contributed by atoms with Crippen molar-refractivity contribution in [1.82, 2.24) is 0 Å². The van der Waals surface area contributed by atoms with E-state index in [0.717, 1.165) is 49.5 Å². The molecule has 1 N–H and O–H groups in total. The zero-order valence-corrected chi connectivity index (χ0v) is 11.8. The van der Waals surface area contributed by atoms with Crippen molar-refractivity contribution >= 4 is 17.5 Å². The van der Waals surface area contributed by atoms with Gasteiger partial charge >= 0.3 is 0 Å². The molecule has 1 aromatic rings. The molecule has 2 fully saturated rings. The molecular weight excluding hydrogens is 273 g/mol. The van der Waals surface area contributed by atoms with Crippen molar-refractivity contribution in [2.45, 2.75) is 44.9 Å². The lowest BCUT2D eigenvalue weighted by atomic mass is 9.79. The molecule has 1 aliphatic heterocycles. The molecule has 2 aliphatic rings. The lowest BCUT2D eigenvalue weighted by Crippen LogP contribution is -2.35. The number of carbonyl (C=O) groups is 2. The maximum Gasteiger partial charge on any atom is 0.240 e. The molecule has 0 unspecified atom stereocenters. The number of imide groups is 1. The van der Waals surface area contributed by atoms with Crippen molar-refractivity contribution in [3.8, 4) is 5.75 Å². The van der Waals surface area contributed by atoms with E-state index in [4.69, 9.17) is 0 Å². The molecule has 5 heteroatoms. The first-order valence-electron chi connectivity index (χ1n) is 7.39. The lowest BCUT2D eigenvalue weighted by Gasteiger charge is -2.25. The maximum atomic E-state index is 13.5. The highest BCUT2D eigenvalue weighted by Crippen LogP contribution is 2.45. The fourth-order valence-electron chi connectivity index (χ4n) is 3.49. The average molecular weight is 291 g/mol. The molecule has 1 saturated heterocycles. The Labute approximate surface area is 122 Å². The molecule has 0 radical (unpaired) electrons. The molecule has 112 valence electrons. The summed E-state index contributed by atoms with van der Waals surface area (Å²) in [7, 11) is 0. The van der Waals surface area contributed by atoms with Gasteiger partial charge in [0.25, 0.3) is 0 Å². The first-order chi connectivity index (χ1) is 10.0. The van der Waals surface area contributed by atoms with Gasteiger partial charge in [-0.1, -0.05) is 25.7 Å². The molecule has 4 nitrogen and oxygen atoms in total. The number of carbonyl (C=O) groups excluding carboxylic acids is 2. The van der Waals surface area contributed by atoms with Crippen LogP contribution in [0.15, 0.2) is 18.2 Å². The fourth-order valence-corrected chi connectivity index (χ4v) is 3.49. The van der Waals surface area contributed by atoms with Crippen LogP contribution in [-0.4, -0.2) is 16.9 Å². The SMILES string of the molecule is O=C1CC2(CCCCCC2)C(=O)N1c1ccc(O)c(F)c1. The van der Waals surface area contributed by atoms with Crippen LogP contribution >= 0.6 is 0 Å². The highest BCUT2D eigenvalue weighted by Gasteiger charge is 2.51. The number of anilines is 1. The molecule has 1 spiro atoms. The van der Waals surface area contributed by atoms with Crippen molar-refractivity contribution < 1.29 is 19.1 Å². The monoisotopic (exact) mass is 291 g/mol. The van der Waals surface area contributed by atoms with Crippen molar-refractivity contribution in [2.24, 2.45) is 5.41 Å². The third kappa shape index (κ3) is 2.30. The van der Waals surface area contributed by atoms with Crippen molar-refractivity contribution in [1.29, 1.82) is 0 Å². The largest absolute Gasteiger partial charge is 0.505 e. The number of hydrogen-bond acceptors (Lipinski definition) is 3. The fraction of sp³-hybridized carbons (Fsp3) is 0.500. The Kier molecular flexibility index (Phi) is 3.43. The predicted molar refractivity (Wildman–Crippen MR) is 75.3 cm³/mol. The van der Waals surface area contributed by atoms with Gasteiger partial charge in [0.05, 0.1) is 11.1 Å². The summed E-state index contributed by atoms with van der Waals surface area (Å²) in [5, 5.41) is 9.23. The van der Waals surface area contributed by atoms with Crippen LogP contribution in [0.25, 0.3) is 0 Å². The molecule has 0 atom stereocenters. The summed E-state index contributed by atoms with van der Waals surface area (Å²) in [5.41, 5.74) is -0.386. The summed E-state index contributed by atoms with van der Waals surface area (Å²) < 4.78 is 13.5. The number of halogens is 1. The Morgan fingerprint density at radius 1 is 1.10 bits per heavy atom. The third-order valence-electron chi connectivity index (χ3n) is 4.65. The summed E-state index contributed by atoms with van der Waals surface area (Å²) in [6.07, 6.45) is 5.78. The molecule has 21 heavy (non-hydrogen) atoms. The number of phenolic OH excluding ortho intramolecular Hbond substituents is 1. The summed E-state index contributed by atoms with van der Waals surface area (Å²) in [5.74, 6) is -1.79. The van der Waals surface area contributed by atoms with Crippen LogP contribution in [0.5, 0.6) is 5.75 Å². The molecular formula is C16H18FNO3. The van der Waals surface area contributed by atoms with E-state index in [1.807, 2.05) is 0 Å². The van der Waals surface area contributed by atoms with E-state index in [1.54, 1.807) is 0 Å². The Bertz CT molecular complexity index is 591. The van der Waals surface area contributed by atoms with Gasteiger partial charge in [-0.3, -0.25) is 9.59 Å². The summed E-state index contributed by atoms with van der Waals surface area (Å²) in [6.45, 7) is 0. The maximum absolute atomic E-state index is 13.5. The number of rotatable bonds is 1. The topological polar surface area (TPSA) is 57.6 Å². The molecule has 0 aromatic heterocycles. The number of aromatic hydroxyl groups is 1. The molecule has 1 aromatic carbocycles. The van der Waals surface area contributed by atoms with Crippen LogP contribution < -0.4 is 4.90 Å². The first kappa shape index (κ1) is 14.0. The van der Waals surface area contributed by atoms with Gasteiger partial charge in [-0.05, 0) is 25.0 Å². The standard InChI is InChI=1S/C16H18FNO3/c17-12-9-11(5-6-13(12)19)18-14(20)10-16(15(18)21)7-3-1-2-4-8-16/h5-6,9,19H,1-4,7-8,10H2. The zero-order valence-electron chi connectivity index (χ0n) is 11.8. The van der Waals surface area contributed by atoms with Gasteiger partial charge in [-0.25, -0.2) is 9.29 Å². The van der Waals surface area contributed by atoms with Gasteiger partial charge in [0.1, 0.15) is 0 Å². The minimum atomic E-state index is -0.824. The predicted octanol–water partition coefficient (Wildman–Crippen LogP) is 3.14. The smallest absolute Gasteiger partial charge is 0.240 e. The number of amides is 2. The van der Waals surface area contributed by atoms with E-state index >= 15 is 0 Å². The second-order valence-corrected chi connectivity index (χ2v) is 6.04. The highest BCUT2D eigenvalue weighted by molar-refractivity contribution is 6.22. The Morgan fingerprint density at radius 3 is 2.38 bits per heavy atom. The van der Waals surface area contributed by atoms with Crippen LogP contribution in [0.2, 0.25) is 0 Å². The van der Waals surface area contributed by atoms with Gasteiger partial charge in [-0.2, -0.15) is 0 Å². The average Bonchev–Trinajstić information content (AvgIpc) is 2.61. The molecule has 3 rings (SSSR count). The third-order valence-corrected chi connectivity index (χ3v) is 4.65.